The van der Waals surface area contributed by atoms with Crippen molar-refractivity contribution >= 4 is 11.1 Å². The molecular weight excluding hydrogens is 492 g/mol. The van der Waals surface area contributed by atoms with Crippen LogP contribution < -0.4 is 9.47 Å². The highest BCUT2D eigenvalue weighted by molar-refractivity contribution is 7.79. The number of hydrogen-bond acceptors (Lipinski definition) is 4. The van der Waals surface area contributed by atoms with Gasteiger partial charge in [-0.3, -0.25) is 4.21 Å². The Balaban J connectivity index is 1.73. The van der Waals surface area contributed by atoms with Gasteiger partial charge < -0.3 is 14.0 Å². The molecule has 38 heavy (non-hydrogen) atoms. The van der Waals surface area contributed by atoms with Gasteiger partial charge in [0.05, 0.1) is 0 Å². The van der Waals surface area contributed by atoms with Gasteiger partial charge in [0.1, 0.15) is 22.8 Å². The van der Waals surface area contributed by atoms with E-state index in [2.05, 4.69) is 95.3 Å². The lowest BCUT2D eigenvalue weighted by Gasteiger charge is -2.40. The van der Waals surface area contributed by atoms with Gasteiger partial charge in [0.2, 0.25) is 0 Å². The molecule has 0 spiro atoms. The van der Waals surface area contributed by atoms with E-state index in [1.54, 1.807) is 12.1 Å². The summed E-state index contributed by atoms with van der Waals surface area (Å²) in [5.41, 5.74) is 2.95. The highest BCUT2D eigenvalue weighted by Gasteiger charge is 2.39. The van der Waals surface area contributed by atoms with Gasteiger partial charge in [0.25, 0.3) is 0 Å². The number of benzene rings is 4. The lowest BCUT2D eigenvalue weighted by atomic mass is 9.63. The molecule has 2 unspecified atom stereocenters. The summed E-state index contributed by atoms with van der Waals surface area (Å²) in [7, 11) is 0. The zero-order chi connectivity index (χ0) is 27.3. The molecular formula is C33H35O4S-. The van der Waals surface area contributed by atoms with Crippen molar-refractivity contribution in [2.75, 3.05) is 0 Å². The summed E-state index contributed by atoms with van der Waals surface area (Å²) in [5, 5.41) is 0. The molecule has 5 heteroatoms. The average molecular weight is 528 g/mol. The van der Waals surface area contributed by atoms with E-state index in [-0.39, 0.29) is 16.4 Å². The van der Waals surface area contributed by atoms with Crippen LogP contribution in [0.4, 0.5) is 0 Å². The van der Waals surface area contributed by atoms with E-state index < -0.39 is 16.5 Å². The Morgan fingerprint density at radius 1 is 0.711 bits per heavy atom. The Morgan fingerprint density at radius 3 is 1.61 bits per heavy atom. The lowest BCUT2D eigenvalue weighted by molar-refractivity contribution is 0.105. The second-order valence-electron chi connectivity index (χ2n) is 10.4. The molecule has 0 bridgehead atoms. The quantitative estimate of drug-likeness (QED) is 0.154. The van der Waals surface area contributed by atoms with Gasteiger partial charge in [-0.15, -0.1) is 0 Å². The normalized spacial score (nSPS) is 14.1. The van der Waals surface area contributed by atoms with Crippen LogP contribution in [0.3, 0.4) is 0 Å². The van der Waals surface area contributed by atoms with Crippen LogP contribution in [0.2, 0.25) is 0 Å². The Labute approximate surface area is 228 Å². The Hall–Kier alpha value is -3.41. The summed E-state index contributed by atoms with van der Waals surface area (Å²) < 4.78 is 34.5. The summed E-state index contributed by atoms with van der Waals surface area (Å²) in [5.74, 6) is 2.37. The van der Waals surface area contributed by atoms with Crippen molar-refractivity contribution in [3.05, 3.63) is 120 Å². The minimum absolute atomic E-state index is 0.224. The van der Waals surface area contributed by atoms with Gasteiger partial charge in [-0.25, -0.2) is 0 Å². The van der Waals surface area contributed by atoms with Crippen molar-refractivity contribution in [3.63, 3.8) is 0 Å². The molecule has 0 radical (unpaired) electrons. The Morgan fingerprint density at radius 2 is 1.16 bits per heavy atom. The highest BCUT2D eigenvalue weighted by atomic mass is 32.2. The third kappa shape index (κ3) is 5.85. The van der Waals surface area contributed by atoms with Crippen LogP contribution in [-0.4, -0.2) is 14.4 Å². The predicted molar refractivity (Wildman–Crippen MR) is 153 cm³/mol. The fraction of sp³-hybridized carbons (Fsp3) is 0.273. The number of rotatable bonds is 10. The lowest BCUT2D eigenvalue weighted by Crippen LogP contribution is -2.35. The van der Waals surface area contributed by atoms with E-state index >= 15 is 0 Å². The van der Waals surface area contributed by atoms with Gasteiger partial charge >= 0.3 is 0 Å². The van der Waals surface area contributed by atoms with Crippen LogP contribution in [-0.2, 0) is 16.5 Å². The molecule has 4 rings (SSSR count). The first-order valence-electron chi connectivity index (χ1n) is 13.0. The summed E-state index contributed by atoms with van der Waals surface area (Å²) >= 11 is -2.26. The van der Waals surface area contributed by atoms with Crippen molar-refractivity contribution in [2.45, 2.75) is 57.0 Å². The Bertz CT molecular complexity index is 1350. The van der Waals surface area contributed by atoms with Crippen LogP contribution >= 0.6 is 0 Å². The van der Waals surface area contributed by atoms with Crippen LogP contribution in [0.25, 0.3) is 0 Å². The largest absolute Gasteiger partial charge is 0.768 e. The van der Waals surface area contributed by atoms with Crippen molar-refractivity contribution in [2.24, 2.45) is 5.92 Å². The molecule has 0 amide bonds. The fourth-order valence-corrected chi connectivity index (χ4v) is 5.28. The Kier molecular flexibility index (Phi) is 8.39. The molecule has 4 aromatic rings. The molecule has 2 atom stereocenters. The van der Waals surface area contributed by atoms with E-state index in [0.717, 1.165) is 17.7 Å². The van der Waals surface area contributed by atoms with Crippen LogP contribution in [0, 0.1) is 5.92 Å². The second kappa shape index (κ2) is 11.5. The molecule has 0 N–H and O–H groups in total. The molecule has 0 aliphatic carbocycles. The third-order valence-corrected chi connectivity index (χ3v) is 7.87. The molecule has 0 saturated carbocycles. The first kappa shape index (κ1) is 27.6. The van der Waals surface area contributed by atoms with E-state index in [4.69, 9.17) is 9.47 Å². The zero-order valence-electron chi connectivity index (χ0n) is 22.6. The predicted octanol–water partition coefficient (Wildman–Crippen LogP) is 8.27. The van der Waals surface area contributed by atoms with Crippen molar-refractivity contribution in [1.82, 2.24) is 0 Å². The average Bonchev–Trinajstić information content (AvgIpc) is 2.91. The number of ether oxygens (including phenoxy) is 2. The van der Waals surface area contributed by atoms with E-state index in [9.17, 15) is 8.76 Å². The van der Waals surface area contributed by atoms with E-state index in [1.807, 2.05) is 18.2 Å². The SMILES string of the molecule is CCC(C)(C)Oc1ccc(C(c2ccccc2)(c2ccc(Oc3ccc(S(=O)[O-])cc3)cc2)C(C)C)cc1. The van der Waals surface area contributed by atoms with Gasteiger partial charge in [-0.2, -0.15) is 0 Å². The molecule has 0 saturated heterocycles. The van der Waals surface area contributed by atoms with Gasteiger partial charge in [-0.1, -0.05) is 75.4 Å². The molecule has 4 nitrogen and oxygen atoms in total. The van der Waals surface area contributed by atoms with Gasteiger partial charge in [-0.05, 0) is 102 Å². The van der Waals surface area contributed by atoms with E-state index in [1.165, 1.54) is 23.3 Å². The molecule has 198 valence electrons. The minimum atomic E-state index is -2.26. The topological polar surface area (TPSA) is 58.6 Å². The molecule has 0 aliphatic rings. The molecule has 4 aromatic carbocycles. The second-order valence-corrected chi connectivity index (χ2v) is 11.3. The van der Waals surface area contributed by atoms with Crippen molar-refractivity contribution < 1.29 is 18.2 Å². The van der Waals surface area contributed by atoms with Gasteiger partial charge in [0.15, 0.2) is 0 Å². The summed E-state index contributed by atoms with van der Waals surface area (Å²) in [4.78, 5) is 0.229. The first-order chi connectivity index (χ1) is 18.2. The molecule has 0 aliphatic heterocycles. The van der Waals surface area contributed by atoms with Crippen LogP contribution in [0.15, 0.2) is 108 Å². The van der Waals surface area contributed by atoms with Gasteiger partial charge in [0, 0.05) is 10.3 Å². The summed E-state index contributed by atoms with van der Waals surface area (Å²) in [6.07, 6.45) is 0.922. The fourth-order valence-electron chi connectivity index (χ4n) is 4.92. The smallest absolute Gasteiger partial charge is 0.127 e. The van der Waals surface area contributed by atoms with Crippen molar-refractivity contribution in [1.29, 1.82) is 0 Å². The maximum Gasteiger partial charge on any atom is 0.127 e. The highest BCUT2D eigenvalue weighted by Crippen LogP contribution is 2.46. The molecule has 0 heterocycles. The number of hydrogen-bond donors (Lipinski definition) is 0. The minimum Gasteiger partial charge on any atom is -0.768 e. The third-order valence-electron chi connectivity index (χ3n) is 7.21. The van der Waals surface area contributed by atoms with Crippen LogP contribution in [0.5, 0.6) is 17.2 Å². The molecule has 0 fully saturated rings. The summed E-state index contributed by atoms with van der Waals surface area (Å²) in [6, 6.07) is 33.7. The monoisotopic (exact) mass is 527 g/mol. The maximum absolute atomic E-state index is 11.1. The molecule has 0 aromatic heterocycles. The standard InChI is InChI=1S/C33H36O4S/c1-6-32(4,5)37-30-18-14-27(15-19-30)33(24(2)3,25-10-8-7-9-11-25)26-12-16-28(17-13-26)36-29-20-22-31(23-21-29)38(34)35/h7-24H,6H2,1-5H3,(H,34,35)/p-1. The van der Waals surface area contributed by atoms with Crippen molar-refractivity contribution in [3.8, 4) is 17.2 Å². The first-order valence-corrected chi connectivity index (χ1v) is 14.1. The maximum atomic E-state index is 11.1. The van der Waals surface area contributed by atoms with E-state index in [0.29, 0.717) is 11.5 Å². The van der Waals surface area contributed by atoms with Crippen LogP contribution in [0.1, 0.15) is 57.7 Å². The summed E-state index contributed by atoms with van der Waals surface area (Å²) in [6.45, 7) is 10.8. The zero-order valence-corrected chi connectivity index (χ0v) is 23.5.